The summed E-state index contributed by atoms with van der Waals surface area (Å²) in [6, 6.07) is 9.46. The quantitative estimate of drug-likeness (QED) is 0.536. The SMILES string of the molecule is COCCCNC(=O)C1CCN(C(=O)CCCNC(=O)OCc2ccccc2)CC1. The summed E-state index contributed by atoms with van der Waals surface area (Å²) in [5, 5.41) is 5.60. The number of methoxy groups -OCH3 is 1. The minimum Gasteiger partial charge on any atom is -0.445 e. The van der Waals surface area contributed by atoms with Crippen LogP contribution in [0, 0.1) is 5.92 Å². The van der Waals surface area contributed by atoms with Crippen molar-refractivity contribution in [1.82, 2.24) is 15.5 Å². The molecule has 0 aromatic heterocycles. The van der Waals surface area contributed by atoms with Crippen molar-refractivity contribution in [2.45, 2.75) is 38.7 Å². The summed E-state index contributed by atoms with van der Waals surface area (Å²) in [5.41, 5.74) is 0.926. The van der Waals surface area contributed by atoms with Gasteiger partial charge in [0.2, 0.25) is 11.8 Å². The Morgan fingerprint density at radius 1 is 1.03 bits per heavy atom. The Morgan fingerprint density at radius 2 is 1.73 bits per heavy atom. The van der Waals surface area contributed by atoms with Gasteiger partial charge in [-0.2, -0.15) is 0 Å². The van der Waals surface area contributed by atoms with Crippen LogP contribution in [0.5, 0.6) is 0 Å². The summed E-state index contributed by atoms with van der Waals surface area (Å²) in [5.74, 6) is 0.0995. The van der Waals surface area contributed by atoms with Crippen LogP contribution < -0.4 is 10.6 Å². The number of ether oxygens (including phenoxy) is 2. The molecule has 8 nitrogen and oxygen atoms in total. The Bertz CT molecular complexity index is 660. The Balaban J connectivity index is 1.53. The van der Waals surface area contributed by atoms with Crippen molar-refractivity contribution in [3.8, 4) is 0 Å². The molecule has 1 fully saturated rings. The van der Waals surface area contributed by atoms with Crippen LogP contribution >= 0.6 is 0 Å². The van der Waals surface area contributed by atoms with Gasteiger partial charge in [0.25, 0.3) is 0 Å². The van der Waals surface area contributed by atoms with E-state index in [0.717, 1.165) is 12.0 Å². The molecule has 0 atom stereocenters. The third kappa shape index (κ3) is 8.82. The highest BCUT2D eigenvalue weighted by Crippen LogP contribution is 2.18. The summed E-state index contributed by atoms with van der Waals surface area (Å²) in [6.07, 6.45) is 2.61. The highest BCUT2D eigenvalue weighted by atomic mass is 16.5. The van der Waals surface area contributed by atoms with Crippen LogP contribution in [0.25, 0.3) is 0 Å². The van der Waals surface area contributed by atoms with Crippen molar-refractivity contribution in [2.75, 3.05) is 39.9 Å². The fourth-order valence-corrected chi connectivity index (χ4v) is 3.33. The molecule has 2 rings (SSSR count). The number of carbonyl (C=O) groups excluding carboxylic acids is 3. The summed E-state index contributed by atoms with van der Waals surface area (Å²) in [6.45, 7) is 3.06. The van der Waals surface area contributed by atoms with Crippen molar-refractivity contribution >= 4 is 17.9 Å². The molecular formula is C22H33N3O5. The molecule has 0 unspecified atom stereocenters. The molecule has 1 aromatic carbocycles. The molecule has 1 heterocycles. The van der Waals surface area contributed by atoms with Crippen LogP contribution in [0.15, 0.2) is 30.3 Å². The lowest BCUT2D eigenvalue weighted by molar-refractivity contribution is -0.135. The van der Waals surface area contributed by atoms with Crippen molar-refractivity contribution in [3.63, 3.8) is 0 Å². The van der Waals surface area contributed by atoms with Crippen LogP contribution in [-0.2, 0) is 25.7 Å². The van der Waals surface area contributed by atoms with Gasteiger partial charge in [0.1, 0.15) is 6.61 Å². The second kappa shape index (κ2) is 13.6. The first-order valence-electron chi connectivity index (χ1n) is 10.6. The standard InChI is InChI=1S/C22H33N3O5/c1-29-16-6-13-23-21(27)19-10-14-25(15-11-19)20(26)9-5-12-24-22(28)30-17-18-7-3-2-4-8-18/h2-4,7-8,19H,5-6,9-17H2,1H3,(H,23,27)(H,24,28). The number of piperidine rings is 1. The molecule has 1 aromatic rings. The predicted octanol–water partition coefficient (Wildman–Crippen LogP) is 2.08. The van der Waals surface area contributed by atoms with Crippen LogP contribution in [0.2, 0.25) is 0 Å². The molecule has 1 aliphatic rings. The third-order valence-corrected chi connectivity index (χ3v) is 5.09. The second-order valence-corrected chi connectivity index (χ2v) is 7.38. The average Bonchev–Trinajstić information content (AvgIpc) is 2.78. The first kappa shape index (κ1) is 23.7. The topological polar surface area (TPSA) is 97.0 Å². The maximum Gasteiger partial charge on any atom is 0.407 e. The molecule has 0 saturated carbocycles. The third-order valence-electron chi connectivity index (χ3n) is 5.09. The molecule has 1 aliphatic heterocycles. The lowest BCUT2D eigenvalue weighted by atomic mass is 9.95. The number of carbonyl (C=O) groups is 3. The Morgan fingerprint density at radius 3 is 2.43 bits per heavy atom. The van der Waals surface area contributed by atoms with Crippen LogP contribution in [0.1, 0.15) is 37.7 Å². The monoisotopic (exact) mass is 419 g/mol. The van der Waals surface area contributed by atoms with Gasteiger partial charge in [-0.15, -0.1) is 0 Å². The van der Waals surface area contributed by atoms with Gasteiger partial charge in [0.05, 0.1) is 0 Å². The minimum absolute atomic E-state index is 0.0300. The largest absolute Gasteiger partial charge is 0.445 e. The van der Waals surface area contributed by atoms with E-state index in [2.05, 4.69) is 10.6 Å². The minimum atomic E-state index is -0.483. The summed E-state index contributed by atoms with van der Waals surface area (Å²) in [7, 11) is 1.64. The number of nitrogens with zero attached hydrogens (tertiary/aromatic N) is 1. The number of rotatable bonds is 11. The zero-order chi connectivity index (χ0) is 21.6. The van der Waals surface area contributed by atoms with E-state index in [0.29, 0.717) is 58.5 Å². The second-order valence-electron chi connectivity index (χ2n) is 7.38. The highest BCUT2D eigenvalue weighted by Gasteiger charge is 2.26. The summed E-state index contributed by atoms with van der Waals surface area (Å²) >= 11 is 0. The van der Waals surface area contributed by atoms with E-state index in [1.807, 2.05) is 35.2 Å². The van der Waals surface area contributed by atoms with E-state index in [4.69, 9.17) is 9.47 Å². The van der Waals surface area contributed by atoms with Gasteiger partial charge in [-0.05, 0) is 31.2 Å². The number of hydrogen-bond donors (Lipinski definition) is 2. The fourth-order valence-electron chi connectivity index (χ4n) is 3.33. The Kier molecular flexibility index (Phi) is 10.7. The van der Waals surface area contributed by atoms with Gasteiger partial charge in [0.15, 0.2) is 0 Å². The molecule has 0 radical (unpaired) electrons. The van der Waals surface area contributed by atoms with E-state index >= 15 is 0 Å². The van der Waals surface area contributed by atoms with Gasteiger partial charge in [-0.3, -0.25) is 9.59 Å². The zero-order valence-electron chi connectivity index (χ0n) is 17.7. The van der Waals surface area contributed by atoms with Gasteiger partial charge < -0.3 is 25.0 Å². The van der Waals surface area contributed by atoms with Gasteiger partial charge in [-0.1, -0.05) is 30.3 Å². The van der Waals surface area contributed by atoms with Crippen molar-refractivity contribution in [2.24, 2.45) is 5.92 Å². The summed E-state index contributed by atoms with van der Waals surface area (Å²) in [4.78, 5) is 38.0. The maximum absolute atomic E-state index is 12.3. The molecule has 0 aliphatic carbocycles. The van der Waals surface area contributed by atoms with E-state index in [9.17, 15) is 14.4 Å². The first-order valence-corrected chi connectivity index (χ1v) is 10.6. The number of hydrogen-bond acceptors (Lipinski definition) is 5. The van der Waals surface area contributed by atoms with Crippen LogP contribution in [-0.4, -0.2) is 62.7 Å². The van der Waals surface area contributed by atoms with Crippen molar-refractivity contribution < 1.29 is 23.9 Å². The van der Waals surface area contributed by atoms with E-state index in [1.54, 1.807) is 7.11 Å². The number of benzene rings is 1. The molecule has 0 bridgehead atoms. The maximum atomic E-state index is 12.3. The molecule has 166 valence electrons. The Hall–Kier alpha value is -2.61. The lowest BCUT2D eigenvalue weighted by Crippen LogP contribution is -2.43. The van der Waals surface area contributed by atoms with Gasteiger partial charge in [-0.25, -0.2) is 4.79 Å². The molecule has 1 saturated heterocycles. The number of amides is 3. The van der Waals surface area contributed by atoms with Crippen molar-refractivity contribution in [1.29, 1.82) is 0 Å². The van der Waals surface area contributed by atoms with Crippen LogP contribution in [0.4, 0.5) is 4.79 Å². The van der Waals surface area contributed by atoms with Gasteiger partial charge in [0, 0.05) is 52.2 Å². The fraction of sp³-hybridized carbons (Fsp3) is 0.591. The highest BCUT2D eigenvalue weighted by molar-refractivity contribution is 5.80. The molecule has 2 N–H and O–H groups in total. The lowest BCUT2D eigenvalue weighted by Gasteiger charge is -2.31. The van der Waals surface area contributed by atoms with Gasteiger partial charge >= 0.3 is 6.09 Å². The molecule has 8 heteroatoms. The molecular weight excluding hydrogens is 386 g/mol. The molecule has 3 amide bonds. The van der Waals surface area contributed by atoms with E-state index < -0.39 is 6.09 Å². The number of likely N-dealkylation sites (tertiary alicyclic amines) is 1. The Labute approximate surface area is 178 Å². The smallest absolute Gasteiger partial charge is 0.407 e. The van der Waals surface area contributed by atoms with Crippen LogP contribution in [0.3, 0.4) is 0 Å². The van der Waals surface area contributed by atoms with E-state index in [1.165, 1.54) is 0 Å². The number of alkyl carbamates (subject to hydrolysis) is 1. The zero-order valence-corrected chi connectivity index (χ0v) is 17.7. The number of nitrogens with one attached hydrogen (secondary N) is 2. The normalized spacial score (nSPS) is 14.2. The summed E-state index contributed by atoms with van der Waals surface area (Å²) < 4.78 is 10.1. The predicted molar refractivity (Wildman–Crippen MR) is 113 cm³/mol. The van der Waals surface area contributed by atoms with Crippen molar-refractivity contribution in [3.05, 3.63) is 35.9 Å². The molecule has 30 heavy (non-hydrogen) atoms. The average molecular weight is 420 g/mol. The van der Waals surface area contributed by atoms with E-state index in [-0.39, 0.29) is 24.3 Å². The molecule has 0 spiro atoms. The first-order chi connectivity index (χ1) is 14.6.